The molecule has 0 heterocycles. The number of rotatable bonds is 2. The molecule has 2 aromatic rings. The molecule has 0 N–H and O–H groups in total. The van der Waals surface area contributed by atoms with Crippen LogP contribution in [0.2, 0.25) is 0 Å². The third-order valence-corrected chi connectivity index (χ3v) is 2.84. The van der Waals surface area contributed by atoms with Crippen molar-refractivity contribution in [3.8, 4) is 0 Å². The third kappa shape index (κ3) is 3.26. The van der Waals surface area contributed by atoms with Crippen molar-refractivity contribution in [1.29, 1.82) is 0 Å². The van der Waals surface area contributed by atoms with E-state index in [1.807, 2.05) is 0 Å². The van der Waals surface area contributed by atoms with Crippen LogP contribution in [0, 0.1) is 18.6 Å². The van der Waals surface area contributed by atoms with Crippen LogP contribution >= 0.6 is 0 Å². The van der Waals surface area contributed by atoms with Crippen molar-refractivity contribution in [3.63, 3.8) is 0 Å². The summed E-state index contributed by atoms with van der Waals surface area (Å²) in [7, 11) is 0. The molecule has 0 radical (unpaired) electrons. The Kier molecular flexibility index (Phi) is 3.80. The van der Waals surface area contributed by atoms with Crippen LogP contribution in [0.4, 0.5) is 22.0 Å². The van der Waals surface area contributed by atoms with E-state index in [1.165, 1.54) is 13.0 Å². The minimum Gasteiger partial charge on any atom is -0.288 e. The number of hydrogen-bond acceptors (Lipinski definition) is 1. The molecule has 0 aliphatic carbocycles. The van der Waals surface area contributed by atoms with Gasteiger partial charge in [-0.1, -0.05) is 0 Å². The molecule has 0 aliphatic rings. The molecule has 0 amide bonds. The molecule has 0 aliphatic heterocycles. The summed E-state index contributed by atoms with van der Waals surface area (Å²) in [6.07, 6.45) is -4.69. The Morgan fingerprint density at radius 3 is 2.24 bits per heavy atom. The fourth-order valence-electron chi connectivity index (χ4n) is 1.90. The molecule has 0 aromatic heterocycles. The van der Waals surface area contributed by atoms with Crippen LogP contribution in [0.1, 0.15) is 27.0 Å². The SMILES string of the molecule is Cc1cc(F)cc(C(=O)c2cc(C(F)(F)F)ccc2F)c1. The van der Waals surface area contributed by atoms with Gasteiger partial charge in [0, 0.05) is 5.56 Å². The summed E-state index contributed by atoms with van der Waals surface area (Å²) >= 11 is 0. The number of carbonyl (C=O) groups excluding carboxylic acids is 1. The predicted octanol–water partition coefficient (Wildman–Crippen LogP) is 4.52. The zero-order valence-electron chi connectivity index (χ0n) is 10.8. The van der Waals surface area contributed by atoms with Gasteiger partial charge in [0.05, 0.1) is 11.1 Å². The van der Waals surface area contributed by atoms with Crippen LogP contribution in [-0.4, -0.2) is 5.78 Å². The molecule has 0 saturated carbocycles. The van der Waals surface area contributed by atoms with Gasteiger partial charge in [0.25, 0.3) is 0 Å². The van der Waals surface area contributed by atoms with Crippen molar-refractivity contribution in [2.45, 2.75) is 13.1 Å². The zero-order chi connectivity index (χ0) is 15.8. The van der Waals surface area contributed by atoms with Crippen molar-refractivity contribution in [2.24, 2.45) is 0 Å². The number of aryl methyl sites for hydroxylation is 1. The van der Waals surface area contributed by atoms with Gasteiger partial charge in [-0.3, -0.25) is 4.79 Å². The lowest BCUT2D eigenvalue weighted by Crippen LogP contribution is -2.10. The molecular formula is C15H9F5O. The highest BCUT2D eigenvalue weighted by molar-refractivity contribution is 6.09. The molecule has 1 nitrogen and oxygen atoms in total. The summed E-state index contributed by atoms with van der Waals surface area (Å²) in [6.45, 7) is 1.52. The van der Waals surface area contributed by atoms with Gasteiger partial charge in [-0.15, -0.1) is 0 Å². The Labute approximate surface area is 117 Å². The third-order valence-electron chi connectivity index (χ3n) is 2.84. The quantitative estimate of drug-likeness (QED) is 0.588. The molecule has 21 heavy (non-hydrogen) atoms. The van der Waals surface area contributed by atoms with Gasteiger partial charge < -0.3 is 0 Å². The highest BCUT2D eigenvalue weighted by Gasteiger charge is 2.32. The Morgan fingerprint density at radius 1 is 1.00 bits per heavy atom. The molecule has 2 rings (SSSR count). The van der Waals surface area contributed by atoms with Crippen LogP contribution in [0.15, 0.2) is 36.4 Å². The average Bonchev–Trinajstić information content (AvgIpc) is 2.36. The monoisotopic (exact) mass is 300 g/mol. The van der Waals surface area contributed by atoms with Gasteiger partial charge in [-0.2, -0.15) is 13.2 Å². The second kappa shape index (κ2) is 5.27. The van der Waals surface area contributed by atoms with E-state index in [0.717, 1.165) is 12.1 Å². The van der Waals surface area contributed by atoms with Gasteiger partial charge >= 0.3 is 6.18 Å². The summed E-state index contributed by atoms with van der Waals surface area (Å²) in [6, 6.07) is 4.84. The maximum absolute atomic E-state index is 13.6. The summed E-state index contributed by atoms with van der Waals surface area (Å²) in [5.41, 5.74) is -1.67. The minimum absolute atomic E-state index is 0.203. The Hall–Kier alpha value is -2.24. The van der Waals surface area contributed by atoms with E-state index in [-0.39, 0.29) is 5.56 Å². The standard InChI is InChI=1S/C15H9F5O/c1-8-4-9(6-11(16)5-8)14(21)12-7-10(15(18,19)20)2-3-13(12)17/h2-7H,1H3. The van der Waals surface area contributed by atoms with Crippen LogP contribution in [0.3, 0.4) is 0 Å². The molecule has 0 saturated heterocycles. The number of halogens is 5. The van der Waals surface area contributed by atoms with E-state index >= 15 is 0 Å². The van der Waals surface area contributed by atoms with Gasteiger partial charge in [0.1, 0.15) is 11.6 Å². The Morgan fingerprint density at radius 2 is 1.67 bits per heavy atom. The predicted molar refractivity (Wildman–Crippen MR) is 66.0 cm³/mol. The topological polar surface area (TPSA) is 17.1 Å². The van der Waals surface area contributed by atoms with Crippen molar-refractivity contribution in [1.82, 2.24) is 0 Å². The molecular weight excluding hydrogens is 291 g/mol. The molecule has 0 atom stereocenters. The van der Waals surface area contributed by atoms with Crippen molar-refractivity contribution in [2.75, 3.05) is 0 Å². The lowest BCUT2D eigenvalue weighted by Gasteiger charge is -2.09. The molecule has 0 fully saturated rings. The highest BCUT2D eigenvalue weighted by atomic mass is 19.4. The first kappa shape index (κ1) is 15.2. The number of alkyl halides is 3. The Balaban J connectivity index is 2.52. The van der Waals surface area contributed by atoms with E-state index in [9.17, 15) is 26.7 Å². The van der Waals surface area contributed by atoms with Gasteiger partial charge in [0.2, 0.25) is 0 Å². The summed E-state index contributed by atoms with van der Waals surface area (Å²) in [5.74, 6) is -2.80. The number of carbonyl (C=O) groups is 1. The van der Waals surface area contributed by atoms with Gasteiger partial charge in [-0.05, 0) is 48.9 Å². The first-order valence-electron chi connectivity index (χ1n) is 5.87. The lowest BCUT2D eigenvalue weighted by atomic mass is 9.99. The molecule has 110 valence electrons. The maximum atomic E-state index is 13.6. The van der Waals surface area contributed by atoms with Crippen molar-refractivity contribution in [3.05, 3.63) is 70.3 Å². The fraction of sp³-hybridized carbons (Fsp3) is 0.133. The summed E-state index contributed by atoms with van der Waals surface area (Å²) in [5, 5.41) is 0. The van der Waals surface area contributed by atoms with Crippen LogP contribution in [0.5, 0.6) is 0 Å². The minimum atomic E-state index is -4.69. The average molecular weight is 300 g/mol. The number of hydrogen-bond donors (Lipinski definition) is 0. The van der Waals surface area contributed by atoms with E-state index < -0.39 is 34.7 Å². The fourth-order valence-corrected chi connectivity index (χ4v) is 1.90. The molecule has 6 heteroatoms. The number of ketones is 1. The van der Waals surface area contributed by atoms with E-state index in [0.29, 0.717) is 23.8 Å². The molecule has 0 unspecified atom stereocenters. The molecule has 0 bridgehead atoms. The second-order valence-corrected chi connectivity index (χ2v) is 4.54. The molecule has 0 spiro atoms. The van der Waals surface area contributed by atoms with Crippen molar-refractivity contribution < 1.29 is 26.7 Å². The largest absolute Gasteiger partial charge is 0.416 e. The van der Waals surface area contributed by atoms with Gasteiger partial charge in [-0.25, -0.2) is 8.78 Å². The van der Waals surface area contributed by atoms with Crippen LogP contribution < -0.4 is 0 Å². The van der Waals surface area contributed by atoms with Crippen molar-refractivity contribution >= 4 is 5.78 Å². The van der Waals surface area contributed by atoms with Crippen LogP contribution in [0.25, 0.3) is 0 Å². The maximum Gasteiger partial charge on any atom is 0.416 e. The summed E-state index contributed by atoms with van der Waals surface area (Å²) in [4.78, 5) is 12.1. The van der Waals surface area contributed by atoms with E-state index in [1.54, 1.807) is 0 Å². The second-order valence-electron chi connectivity index (χ2n) is 4.54. The normalized spacial score (nSPS) is 11.5. The van der Waals surface area contributed by atoms with Crippen LogP contribution in [-0.2, 0) is 6.18 Å². The first-order chi connectivity index (χ1) is 9.68. The molecule has 2 aromatic carbocycles. The van der Waals surface area contributed by atoms with E-state index in [2.05, 4.69) is 0 Å². The zero-order valence-corrected chi connectivity index (χ0v) is 10.8. The number of benzene rings is 2. The smallest absolute Gasteiger partial charge is 0.288 e. The first-order valence-corrected chi connectivity index (χ1v) is 5.87. The lowest BCUT2D eigenvalue weighted by molar-refractivity contribution is -0.137. The van der Waals surface area contributed by atoms with E-state index in [4.69, 9.17) is 0 Å². The Bertz CT molecular complexity index is 683. The van der Waals surface area contributed by atoms with Gasteiger partial charge in [0.15, 0.2) is 5.78 Å². The highest BCUT2D eigenvalue weighted by Crippen LogP contribution is 2.31. The summed E-state index contributed by atoms with van der Waals surface area (Å²) < 4.78 is 64.7.